The fourth-order valence-electron chi connectivity index (χ4n) is 6.49. The van der Waals surface area contributed by atoms with Crippen molar-refractivity contribution >= 4 is 33.6 Å². The van der Waals surface area contributed by atoms with E-state index in [1.807, 2.05) is 47.6 Å². The summed E-state index contributed by atoms with van der Waals surface area (Å²) in [7, 11) is 0. The Labute approximate surface area is 285 Å². The van der Waals surface area contributed by atoms with E-state index >= 15 is 0 Å². The smallest absolute Gasteiger partial charge is 0.407 e. The van der Waals surface area contributed by atoms with Gasteiger partial charge in [-0.05, 0) is 124 Å². The van der Waals surface area contributed by atoms with Gasteiger partial charge in [-0.1, -0.05) is 24.3 Å². The van der Waals surface area contributed by atoms with Gasteiger partial charge in [0.15, 0.2) is 0 Å². The lowest BCUT2D eigenvalue weighted by Crippen LogP contribution is -2.40. The van der Waals surface area contributed by atoms with E-state index in [2.05, 4.69) is 73.7 Å². The van der Waals surface area contributed by atoms with Gasteiger partial charge in [-0.3, -0.25) is 9.59 Å². The average Bonchev–Trinajstić information content (AvgIpc) is 3.79. The second-order valence-corrected chi connectivity index (χ2v) is 14.5. The summed E-state index contributed by atoms with van der Waals surface area (Å²) in [6.45, 7) is 15.8. The van der Waals surface area contributed by atoms with Gasteiger partial charge in [0.2, 0.25) is 0 Å². The molecule has 9 nitrogen and oxygen atoms in total. The number of ether oxygens (including phenoxy) is 2. The van der Waals surface area contributed by atoms with Crippen molar-refractivity contribution < 1.29 is 19.1 Å². The molecule has 1 aliphatic heterocycles. The minimum absolute atomic E-state index is 0.0552. The van der Waals surface area contributed by atoms with Crippen LogP contribution in [0.2, 0.25) is 0 Å². The summed E-state index contributed by atoms with van der Waals surface area (Å²) < 4.78 is 11.9. The maximum atomic E-state index is 13.9. The molecule has 3 N–H and O–H groups in total. The van der Waals surface area contributed by atoms with Gasteiger partial charge in [0.05, 0.1) is 0 Å². The first-order valence-electron chi connectivity index (χ1n) is 16.5. The van der Waals surface area contributed by atoms with Gasteiger partial charge in [0, 0.05) is 71.3 Å². The van der Waals surface area contributed by atoms with Crippen molar-refractivity contribution in [3.05, 3.63) is 84.7 Å². The molecule has 2 aliphatic rings. The van der Waals surface area contributed by atoms with E-state index in [1.54, 1.807) is 0 Å². The molecule has 252 valence electrons. The first kappa shape index (κ1) is 34.7. The van der Waals surface area contributed by atoms with Gasteiger partial charge in [0.1, 0.15) is 5.60 Å². The van der Waals surface area contributed by atoms with Crippen molar-refractivity contribution in [2.45, 2.75) is 97.9 Å². The number of hydrogen-bond acceptors (Lipinski definition) is 6. The number of amides is 2. The van der Waals surface area contributed by atoms with Gasteiger partial charge in [-0.25, -0.2) is 4.79 Å². The summed E-state index contributed by atoms with van der Waals surface area (Å²) in [5.41, 5.74) is 6.97. The molecule has 2 aromatic carbocycles. The van der Waals surface area contributed by atoms with Crippen molar-refractivity contribution in [3.8, 4) is 11.1 Å². The third kappa shape index (κ3) is 8.09. The van der Waals surface area contributed by atoms with Crippen LogP contribution >= 0.6 is 15.9 Å². The highest BCUT2D eigenvalue weighted by atomic mass is 79.9. The SMILES string of the molecule is CCN(c1cc(-c2ccc([C@@H]3C[C@H]3NC(=O)OC(C)(C)C)cc2)cc(C(=O)NCc2c(C)c(Br)c(C)[nH]c2=O)c1C)C1CCOCC1. The predicted octanol–water partition coefficient (Wildman–Crippen LogP) is 7.05. The predicted molar refractivity (Wildman–Crippen MR) is 189 cm³/mol. The highest BCUT2D eigenvalue weighted by Gasteiger charge is 2.40. The van der Waals surface area contributed by atoms with Crippen LogP contribution in [0.15, 0.2) is 45.7 Å². The molecule has 1 saturated carbocycles. The quantitative estimate of drug-likeness (QED) is 0.220. The number of carbonyl (C=O) groups is 2. The first-order chi connectivity index (χ1) is 22.3. The number of H-pyrrole nitrogens is 1. The Bertz CT molecular complexity index is 1690. The standard InChI is InChI=1S/C37H47BrN4O5/c1-8-42(27-13-15-46-16-14-27)32-18-26(24-9-11-25(12-10-24)29-19-31(29)41-36(45)47-37(5,6)7)17-28(21(32)2)34(43)39-20-30-22(3)33(38)23(4)40-35(30)44/h9-12,17-18,27,29,31H,8,13-16,19-20H2,1-7H3,(H,39,43)(H,40,44)(H,41,45)/t29-,31+/m0/s1. The second-order valence-electron chi connectivity index (χ2n) is 13.7. The van der Waals surface area contributed by atoms with Crippen molar-refractivity contribution in [3.63, 3.8) is 0 Å². The lowest BCUT2D eigenvalue weighted by Gasteiger charge is -2.37. The van der Waals surface area contributed by atoms with E-state index in [0.717, 1.165) is 82.7 Å². The number of hydrogen-bond donors (Lipinski definition) is 3. The fourth-order valence-corrected chi connectivity index (χ4v) is 6.83. The molecule has 1 aliphatic carbocycles. The number of carbonyl (C=O) groups excluding carboxylic acids is 2. The van der Waals surface area contributed by atoms with Crippen LogP contribution < -0.4 is 21.1 Å². The molecule has 2 heterocycles. The topological polar surface area (TPSA) is 113 Å². The van der Waals surface area contributed by atoms with Crippen LogP contribution in [0.5, 0.6) is 0 Å². The van der Waals surface area contributed by atoms with Gasteiger partial charge in [-0.2, -0.15) is 0 Å². The summed E-state index contributed by atoms with van der Waals surface area (Å²) in [6, 6.07) is 12.9. The molecule has 2 atom stereocenters. The third-order valence-corrected chi connectivity index (χ3v) is 10.4. The number of aromatic nitrogens is 1. The third-order valence-electron chi connectivity index (χ3n) is 9.18. The van der Waals surface area contributed by atoms with Gasteiger partial charge >= 0.3 is 6.09 Å². The second kappa shape index (κ2) is 14.2. The number of rotatable bonds is 9. The van der Waals surface area contributed by atoms with E-state index in [0.29, 0.717) is 17.2 Å². The van der Waals surface area contributed by atoms with Crippen molar-refractivity contribution in [1.29, 1.82) is 0 Å². The molecular formula is C37H47BrN4O5. The van der Waals surface area contributed by atoms with E-state index in [-0.39, 0.29) is 36.1 Å². The molecule has 1 saturated heterocycles. The number of anilines is 1. The zero-order valence-electron chi connectivity index (χ0n) is 28.5. The summed E-state index contributed by atoms with van der Waals surface area (Å²) in [5, 5.41) is 6.01. The van der Waals surface area contributed by atoms with Crippen LogP contribution in [0, 0.1) is 20.8 Å². The Kier molecular flexibility index (Phi) is 10.5. The van der Waals surface area contributed by atoms with Gasteiger partial charge in [-0.15, -0.1) is 0 Å². The first-order valence-corrected chi connectivity index (χ1v) is 17.3. The lowest BCUT2D eigenvalue weighted by atomic mass is 9.94. The zero-order chi connectivity index (χ0) is 34.0. The normalized spacial score (nSPS) is 18.0. The molecule has 47 heavy (non-hydrogen) atoms. The summed E-state index contributed by atoms with van der Waals surface area (Å²) >= 11 is 3.55. The van der Waals surface area contributed by atoms with Crippen LogP contribution in [-0.4, -0.2) is 54.4 Å². The average molecular weight is 708 g/mol. The molecule has 10 heteroatoms. The number of nitrogens with zero attached hydrogens (tertiary/aromatic N) is 1. The molecule has 2 amide bonds. The Hall–Kier alpha value is -3.63. The molecule has 2 fully saturated rings. The van der Waals surface area contributed by atoms with Crippen LogP contribution in [0.25, 0.3) is 11.1 Å². The van der Waals surface area contributed by atoms with Crippen LogP contribution in [0.3, 0.4) is 0 Å². The monoisotopic (exact) mass is 706 g/mol. The maximum Gasteiger partial charge on any atom is 0.407 e. The molecule has 0 unspecified atom stereocenters. The molecule has 0 spiro atoms. The number of aromatic amines is 1. The Morgan fingerprint density at radius 3 is 2.36 bits per heavy atom. The number of nitrogens with one attached hydrogen (secondary N) is 3. The van der Waals surface area contributed by atoms with Crippen molar-refractivity contribution in [2.75, 3.05) is 24.7 Å². The van der Waals surface area contributed by atoms with Crippen molar-refractivity contribution in [1.82, 2.24) is 15.6 Å². The summed E-state index contributed by atoms with van der Waals surface area (Å²) in [6.07, 6.45) is 2.34. The van der Waals surface area contributed by atoms with E-state index < -0.39 is 5.60 Å². The van der Waals surface area contributed by atoms with E-state index in [1.165, 1.54) is 0 Å². The number of alkyl carbamates (subject to hydrolysis) is 1. The maximum absolute atomic E-state index is 13.9. The van der Waals surface area contributed by atoms with Crippen LogP contribution in [0.4, 0.5) is 10.5 Å². The molecule has 5 rings (SSSR count). The Morgan fingerprint density at radius 2 is 1.72 bits per heavy atom. The number of pyridine rings is 1. The largest absolute Gasteiger partial charge is 0.444 e. The summed E-state index contributed by atoms with van der Waals surface area (Å²) in [5.74, 6) is 0.0128. The van der Waals surface area contributed by atoms with Crippen molar-refractivity contribution in [2.24, 2.45) is 0 Å². The highest BCUT2D eigenvalue weighted by Crippen LogP contribution is 2.42. The van der Waals surface area contributed by atoms with Crippen LogP contribution in [-0.2, 0) is 16.0 Å². The molecule has 3 aromatic rings. The summed E-state index contributed by atoms with van der Waals surface area (Å²) in [4.78, 5) is 44.2. The Balaban J connectivity index is 1.43. The minimum atomic E-state index is -0.536. The Morgan fingerprint density at radius 1 is 1.04 bits per heavy atom. The lowest BCUT2D eigenvalue weighted by molar-refractivity contribution is 0.0522. The minimum Gasteiger partial charge on any atom is -0.444 e. The van der Waals surface area contributed by atoms with E-state index in [9.17, 15) is 14.4 Å². The fraction of sp³-hybridized carbons (Fsp3) is 0.486. The zero-order valence-corrected chi connectivity index (χ0v) is 30.1. The van der Waals surface area contributed by atoms with Gasteiger partial charge < -0.3 is 30.0 Å². The number of benzene rings is 2. The molecule has 0 bridgehead atoms. The molecular weight excluding hydrogens is 660 g/mol. The van der Waals surface area contributed by atoms with Crippen LogP contribution in [0.1, 0.15) is 91.2 Å². The van der Waals surface area contributed by atoms with E-state index in [4.69, 9.17) is 9.47 Å². The molecule has 1 aromatic heterocycles. The van der Waals surface area contributed by atoms with Gasteiger partial charge in [0.25, 0.3) is 11.5 Å². The highest BCUT2D eigenvalue weighted by molar-refractivity contribution is 9.10. The number of aryl methyl sites for hydroxylation is 1. The number of halogens is 1. The molecule has 0 radical (unpaired) electrons.